The van der Waals surface area contributed by atoms with Gasteiger partial charge >= 0.3 is 0 Å². The Morgan fingerprint density at radius 1 is 1.31 bits per heavy atom. The minimum atomic E-state index is -3.64. The third-order valence-corrected chi connectivity index (χ3v) is 4.55. The van der Waals surface area contributed by atoms with Gasteiger partial charge in [0.05, 0.1) is 0 Å². The number of aryl methyl sites for hydroxylation is 1. The van der Waals surface area contributed by atoms with Crippen LogP contribution in [0.25, 0.3) is 11.5 Å². The van der Waals surface area contributed by atoms with Crippen molar-refractivity contribution in [3.63, 3.8) is 0 Å². The third kappa shape index (κ3) is 3.61. The Bertz CT molecular complexity index is 1070. The van der Waals surface area contributed by atoms with E-state index in [1.165, 1.54) is 12.3 Å². The van der Waals surface area contributed by atoms with Gasteiger partial charge in [-0.2, -0.15) is 9.97 Å². The summed E-state index contributed by atoms with van der Waals surface area (Å²) in [5.74, 6) is 0.0626. The molecule has 0 saturated carbocycles. The highest BCUT2D eigenvalue weighted by molar-refractivity contribution is 7.90. The first-order valence-corrected chi connectivity index (χ1v) is 9.39. The van der Waals surface area contributed by atoms with Gasteiger partial charge in [-0.3, -0.25) is 0 Å². The molecule has 1 aromatic carbocycles. The molecule has 0 spiro atoms. The summed E-state index contributed by atoms with van der Waals surface area (Å²) in [6.07, 6.45) is 2.94. The fourth-order valence-electron chi connectivity index (χ4n) is 2.14. The quantitative estimate of drug-likeness (QED) is 0.682. The molecule has 0 radical (unpaired) electrons. The van der Waals surface area contributed by atoms with Gasteiger partial charge in [-0.1, -0.05) is 12.1 Å². The molecule has 2 aromatic heterocycles. The fourth-order valence-corrected chi connectivity index (χ4v) is 2.86. The lowest BCUT2D eigenvalue weighted by Crippen LogP contribution is -2.04. The van der Waals surface area contributed by atoms with Gasteiger partial charge in [-0.05, 0) is 18.2 Å². The van der Waals surface area contributed by atoms with Gasteiger partial charge in [-0.15, -0.1) is 0 Å². The maximum atomic E-state index is 13.9. The summed E-state index contributed by atoms with van der Waals surface area (Å²) in [5.41, 5.74) is 6.54. The number of hydrogen-bond donors (Lipinski definition) is 2. The normalized spacial score (nSPS) is 11.5. The summed E-state index contributed by atoms with van der Waals surface area (Å²) in [4.78, 5) is 11.9. The van der Waals surface area contributed by atoms with Gasteiger partial charge in [0, 0.05) is 24.6 Å². The maximum absolute atomic E-state index is 13.9. The second-order valence-corrected chi connectivity index (χ2v) is 7.39. The number of anilines is 3. The minimum absolute atomic E-state index is 0.0991. The van der Waals surface area contributed by atoms with Crippen molar-refractivity contribution in [1.82, 2.24) is 20.1 Å². The molecule has 2 heterocycles. The summed E-state index contributed by atoms with van der Waals surface area (Å²) >= 11 is 0. The molecule has 3 aromatic rings. The van der Waals surface area contributed by atoms with Crippen LogP contribution in [-0.4, -0.2) is 34.8 Å². The lowest BCUT2D eigenvalue weighted by atomic mass is 10.3. The van der Waals surface area contributed by atoms with Crippen LogP contribution in [0.15, 0.2) is 33.8 Å². The molecule has 0 aliphatic rings. The first-order chi connectivity index (χ1) is 12.3. The smallest absolute Gasteiger partial charge is 0.263 e. The number of halogens is 1. The lowest BCUT2D eigenvalue weighted by molar-refractivity contribution is 0.423. The Kier molecular flexibility index (Phi) is 4.55. The monoisotopic (exact) mass is 378 g/mol. The molecule has 0 bridgehead atoms. The third-order valence-electron chi connectivity index (χ3n) is 3.42. The highest BCUT2D eigenvalue weighted by Crippen LogP contribution is 2.25. The van der Waals surface area contributed by atoms with Crippen LogP contribution in [0.3, 0.4) is 0 Å². The van der Waals surface area contributed by atoms with Crippen LogP contribution in [0.2, 0.25) is 0 Å². The Balaban J connectivity index is 1.85. The summed E-state index contributed by atoms with van der Waals surface area (Å²) in [6, 6.07) is 3.60. The predicted molar refractivity (Wildman–Crippen MR) is 91.9 cm³/mol. The number of benzene rings is 1. The Labute approximate surface area is 148 Å². The molecular weight excluding hydrogens is 363 g/mol. The summed E-state index contributed by atoms with van der Waals surface area (Å²) in [6.45, 7) is 1.88. The average molecular weight is 378 g/mol. The van der Waals surface area contributed by atoms with E-state index in [1.807, 2.05) is 6.92 Å². The van der Waals surface area contributed by atoms with E-state index in [0.717, 1.165) is 18.4 Å². The van der Waals surface area contributed by atoms with Crippen molar-refractivity contribution in [2.75, 3.05) is 17.3 Å². The molecule has 0 unspecified atom stereocenters. The Hall–Kier alpha value is -3.08. The highest BCUT2D eigenvalue weighted by atomic mass is 32.2. The van der Waals surface area contributed by atoms with Crippen molar-refractivity contribution in [2.24, 2.45) is 0 Å². The SMILES string of the molecule is CCc1noc(-c2cnc(Nc3ccc(S(C)(=O)=O)c(F)c3)nc2N)n1. The molecule has 11 heteroatoms. The summed E-state index contributed by atoms with van der Waals surface area (Å²) < 4.78 is 41.9. The van der Waals surface area contributed by atoms with E-state index in [-0.39, 0.29) is 28.2 Å². The molecule has 0 aliphatic carbocycles. The average Bonchev–Trinajstić information content (AvgIpc) is 3.02. The topological polar surface area (TPSA) is 137 Å². The Morgan fingerprint density at radius 2 is 2.08 bits per heavy atom. The van der Waals surface area contributed by atoms with Crippen LogP contribution in [0.4, 0.5) is 21.8 Å². The molecule has 0 amide bonds. The van der Waals surface area contributed by atoms with E-state index in [0.29, 0.717) is 17.8 Å². The summed E-state index contributed by atoms with van der Waals surface area (Å²) in [5, 5.41) is 6.53. The zero-order valence-electron chi connectivity index (χ0n) is 13.9. The Morgan fingerprint density at radius 3 is 2.65 bits per heavy atom. The van der Waals surface area contributed by atoms with Gasteiger partial charge in [0.1, 0.15) is 22.1 Å². The van der Waals surface area contributed by atoms with E-state index in [1.54, 1.807) is 0 Å². The molecule has 136 valence electrons. The fraction of sp³-hybridized carbons (Fsp3) is 0.200. The van der Waals surface area contributed by atoms with Crippen LogP contribution in [0, 0.1) is 5.82 Å². The second kappa shape index (κ2) is 6.67. The minimum Gasteiger partial charge on any atom is -0.383 e. The van der Waals surface area contributed by atoms with Crippen LogP contribution < -0.4 is 11.1 Å². The lowest BCUT2D eigenvalue weighted by Gasteiger charge is -2.08. The predicted octanol–water partition coefficient (Wildman–Crippen LogP) is 1.96. The van der Waals surface area contributed by atoms with Crippen LogP contribution in [0.5, 0.6) is 0 Å². The van der Waals surface area contributed by atoms with Gasteiger partial charge < -0.3 is 15.6 Å². The zero-order chi connectivity index (χ0) is 18.9. The van der Waals surface area contributed by atoms with Crippen LogP contribution >= 0.6 is 0 Å². The summed E-state index contributed by atoms with van der Waals surface area (Å²) in [7, 11) is -3.64. The van der Waals surface area contributed by atoms with E-state index in [2.05, 4.69) is 25.4 Å². The van der Waals surface area contributed by atoms with E-state index >= 15 is 0 Å². The number of sulfone groups is 1. The van der Waals surface area contributed by atoms with Crippen LogP contribution in [-0.2, 0) is 16.3 Å². The number of hydrogen-bond acceptors (Lipinski definition) is 9. The van der Waals surface area contributed by atoms with Crippen molar-refractivity contribution < 1.29 is 17.3 Å². The molecule has 3 rings (SSSR count). The second-order valence-electron chi connectivity index (χ2n) is 5.40. The molecule has 0 aliphatic heterocycles. The molecular formula is C15H15FN6O3S. The first kappa shape index (κ1) is 17.7. The molecule has 3 N–H and O–H groups in total. The molecule has 0 fully saturated rings. The standard InChI is InChI=1S/C15H15FN6O3S/c1-3-12-20-14(25-22-12)9-7-18-15(21-13(9)17)19-8-4-5-11(10(16)6-8)26(2,23)24/h4-7H,3H2,1-2H3,(H3,17,18,19,21). The number of rotatable bonds is 5. The highest BCUT2D eigenvalue weighted by Gasteiger charge is 2.16. The number of nitrogen functional groups attached to an aromatic ring is 1. The largest absolute Gasteiger partial charge is 0.383 e. The van der Waals surface area contributed by atoms with Crippen molar-refractivity contribution in [2.45, 2.75) is 18.2 Å². The first-order valence-electron chi connectivity index (χ1n) is 7.50. The number of aromatic nitrogens is 4. The molecule has 9 nitrogen and oxygen atoms in total. The van der Waals surface area contributed by atoms with Crippen molar-refractivity contribution in [3.8, 4) is 11.5 Å². The van der Waals surface area contributed by atoms with Crippen molar-refractivity contribution >= 4 is 27.3 Å². The molecule has 26 heavy (non-hydrogen) atoms. The molecule has 0 atom stereocenters. The van der Waals surface area contributed by atoms with Crippen molar-refractivity contribution in [1.29, 1.82) is 0 Å². The van der Waals surface area contributed by atoms with Crippen molar-refractivity contribution in [3.05, 3.63) is 36.0 Å². The van der Waals surface area contributed by atoms with Crippen LogP contribution in [0.1, 0.15) is 12.7 Å². The molecule has 0 saturated heterocycles. The van der Waals surface area contributed by atoms with Gasteiger partial charge in [0.15, 0.2) is 15.7 Å². The number of nitrogens with zero attached hydrogens (tertiary/aromatic N) is 4. The van der Waals surface area contributed by atoms with E-state index < -0.39 is 15.7 Å². The van der Waals surface area contributed by atoms with Gasteiger partial charge in [0.25, 0.3) is 5.89 Å². The van der Waals surface area contributed by atoms with E-state index in [9.17, 15) is 12.8 Å². The van der Waals surface area contributed by atoms with E-state index in [4.69, 9.17) is 10.3 Å². The number of nitrogens with one attached hydrogen (secondary N) is 1. The van der Waals surface area contributed by atoms with Gasteiger partial charge in [-0.25, -0.2) is 17.8 Å². The number of nitrogens with two attached hydrogens (primary N) is 1. The van der Waals surface area contributed by atoms with Gasteiger partial charge in [0.2, 0.25) is 5.95 Å². The zero-order valence-corrected chi connectivity index (χ0v) is 14.7. The maximum Gasteiger partial charge on any atom is 0.263 e.